The minimum atomic E-state index is -2.91. The molecule has 4 heterocycles. The van der Waals surface area contributed by atoms with Crippen molar-refractivity contribution in [3.63, 3.8) is 0 Å². The molecule has 2 saturated heterocycles. The predicted molar refractivity (Wildman–Crippen MR) is 118 cm³/mol. The molecule has 0 amide bonds. The van der Waals surface area contributed by atoms with Crippen LogP contribution in [-0.2, 0) is 11.8 Å². The highest BCUT2D eigenvalue weighted by Crippen LogP contribution is 2.40. The lowest BCUT2D eigenvalue weighted by Crippen LogP contribution is -2.67. The average molecular weight is 459 g/mol. The van der Waals surface area contributed by atoms with E-state index in [1.165, 1.54) is 16.7 Å². The van der Waals surface area contributed by atoms with E-state index in [-0.39, 0.29) is 16.5 Å². The second-order valence-electron chi connectivity index (χ2n) is 9.02. The normalized spacial score (nSPS) is 17.8. The summed E-state index contributed by atoms with van der Waals surface area (Å²) in [5.74, 6) is -0.105. The second-order valence-corrected chi connectivity index (χ2v) is 9.02. The predicted octanol–water partition coefficient (Wildman–Crippen LogP) is 3.72. The van der Waals surface area contributed by atoms with Crippen LogP contribution in [0.3, 0.4) is 0 Å². The number of rotatable bonds is 5. The van der Waals surface area contributed by atoms with Crippen LogP contribution in [0.5, 0.6) is 0 Å². The summed E-state index contributed by atoms with van der Waals surface area (Å²) < 4.78 is 47.8. The Morgan fingerprint density at radius 3 is 2.52 bits per heavy atom. The van der Waals surface area contributed by atoms with E-state index in [1.54, 1.807) is 27.0 Å². The number of anilines is 2. The van der Waals surface area contributed by atoms with Crippen LogP contribution in [-0.4, -0.2) is 40.8 Å². The molecule has 0 unspecified atom stereocenters. The van der Waals surface area contributed by atoms with Crippen LogP contribution >= 0.6 is 0 Å². The Labute approximate surface area is 188 Å². The van der Waals surface area contributed by atoms with Gasteiger partial charge in [-0.1, -0.05) is 18.2 Å². The Morgan fingerprint density at radius 1 is 1.18 bits per heavy atom. The van der Waals surface area contributed by atoms with Crippen LogP contribution in [0.2, 0.25) is 0 Å². The molecular formula is C23H24F3N5O2. The van der Waals surface area contributed by atoms with Crippen LogP contribution in [0.15, 0.2) is 29.1 Å². The van der Waals surface area contributed by atoms with Gasteiger partial charge in [0, 0.05) is 25.7 Å². The van der Waals surface area contributed by atoms with Crippen molar-refractivity contribution in [3.8, 4) is 0 Å². The molecule has 2 fully saturated rings. The van der Waals surface area contributed by atoms with Gasteiger partial charge in [0.1, 0.15) is 28.8 Å². The fraction of sp³-hybridized carbons (Fsp3) is 0.435. The molecule has 1 N–H and O–H groups in total. The first-order valence-corrected chi connectivity index (χ1v) is 10.7. The fourth-order valence-corrected chi connectivity index (χ4v) is 4.62. The first kappa shape index (κ1) is 21.7. The lowest BCUT2D eigenvalue weighted by Gasteiger charge is -2.55. The van der Waals surface area contributed by atoms with Crippen molar-refractivity contribution in [2.45, 2.75) is 26.3 Å². The minimum absolute atomic E-state index is 0.108. The van der Waals surface area contributed by atoms with E-state index in [0.29, 0.717) is 41.6 Å². The quantitative estimate of drug-likeness (QED) is 0.627. The van der Waals surface area contributed by atoms with E-state index in [2.05, 4.69) is 15.3 Å². The maximum absolute atomic E-state index is 14.7. The Kier molecular flexibility index (Phi) is 5.08. The van der Waals surface area contributed by atoms with Crippen LogP contribution in [0.25, 0.3) is 11.0 Å². The molecule has 2 aliphatic heterocycles. The summed E-state index contributed by atoms with van der Waals surface area (Å²) in [7, 11) is 1.65. The SMILES string of the molecule is Cc1nc(N[C@H](C)c2cccc(C(F)F)c2F)c2cc(N3CC4(COC4)C3)c(=O)n(C)c2n1. The number of ether oxygens (including phenoxy) is 1. The molecule has 0 bridgehead atoms. The van der Waals surface area contributed by atoms with Gasteiger partial charge < -0.3 is 15.0 Å². The van der Waals surface area contributed by atoms with Gasteiger partial charge in [0.05, 0.1) is 35.6 Å². The van der Waals surface area contributed by atoms with Gasteiger partial charge in [0.25, 0.3) is 12.0 Å². The molecule has 2 aromatic heterocycles. The molecule has 1 aromatic carbocycles. The highest BCUT2D eigenvalue weighted by Gasteiger charge is 2.49. The third-order valence-electron chi connectivity index (χ3n) is 6.48. The number of pyridine rings is 1. The van der Waals surface area contributed by atoms with Crippen LogP contribution in [0.1, 0.15) is 36.3 Å². The summed E-state index contributed by atoms with van der Waals surface area (Å²) in [5, 5.41) is 3.74. The molecule has 0 radical (unpaired) electrons. The number of alkyl halides is 2. The van der Waals surface area contributed by atoms with Gasteiger partial charge in [-0.05, 0) is 19.9 Å². The first-order valence-electron chi connectivity index (χ1n) is 10.7. The Balaban J connectivity index is 1.54. The molecule has 10 heteroatoms. The maximum atomic E-state index is 14.7. The van der Waals surface area contributed by atoms with Crippen LogP contribution in [0.4, 0.5) is 24.7 Å². The highest BCUT2D eigenvalue weighted by atomic mass is 19.3. The molecule has 33 heavy (non-hydrogen) atoms. The van der Waals surface area contributed by atoms with Gasteiger partial charge in [-0.2, -0.15) is 0 Å². The van der Waals surface area contributed by atoms with Gasteiger partial charge in [0.15, 0.2) is 0 Å². The second kappa shape index (κ2) is 7.72. The van der Waals surface area contributed by atoms with E-state index < -0.39 is 23.8 Å². The molecule has 1 atom stereocenters. The topological polar surface area (TPSA) is 72.3 Å². The van der Waals surface area contributed by atoms with Gasteiger partial charge in [-0.15, -0.1) is 0 Å². The summed E-state index contributed by atoms with van der Waals surface area (Å²) in [6, 6.07) is 5.06. The van der Waals surface area contributed by atoms with Crippen molar-refractivity contribution < 1.29 is 17.9 Å². The third-order valence-corrected chi connectivity index (χ3v) is 6.48. The number of fused-ring (bicyclic) bond motifs is 1. The molecule has 7 nitrogen and oxygen atoms in total. The average Bonchev–Trinajstić information content (AvgIpc) is 2.70. The van der Waals surface area contributed by atoms with E-state index in [4.69, 9.17) is 4.74 Å². The van der Waals surface area contributed by atoms with Crippen LogP contribution in [0, 0.1) is 18.2 Å². The zero-order valence-electron chi connectivity index (χ0n) is 18.5. The number of nitrogens with one attached hydrogen (secondary N) is 1. The van der Waals surface area contributed by atoms with Crippen LogP contribution < -0.4 is 15.8 Å². The molecule has 0 aliphatic carbocycles. The van der Waals surface area contributed by atoms with Crippen molar-refractivity contribution in [2.24, 2.45) is 12.5 Å². The highest BCUT2D eigenvalue weighted by molar-refractivity contribution is 5.89. The summed E-state index contributed by atoms with van der Waals surface area (Å²) in [6.45, 7) is 6.26. The van der Waals surface area contributed by atoms with E-state index in [0.717, 1.165) is 19.2 Å². The van der Waals surface area contributed by atoms with Gasteiger partial charge in [0.2, 0.25) is 0 Å². The van der Waals surface area contributed by atoms with Gasteiger partial charge in [-0.25, -0.2) is 23.1 Å². The summed E-state index contributed by atoms with van der Waals surface area (Å²) in [6.07, 6.45) is -2.91. The summed E-state index contributed by atoms with van der Waals surface area (Å²) in [4.78, 5) is 24.0. The van der Waals surface area contributed by atoms with Gasteiger partial charge >= 0.3 is 0 Å². The number of aryl methyl sites for hydroxylation is 2. The maximum Gasteiger partial charge on any atom is 0.275 e. The number of aromatic nitrogens is 3. The number of hydrogen-bond donors (Lipinski definition) is 1. The van der Waals surface area contributed by atoms with Crippen molar-refractivity contribution in [3.05, 3.63) is 57.4 Å². The molecule has 2 aliphatic rings. The van der Waals surface area contributed by atoms with E-state index in [1.807, 2.05) is 4.90 Å². The first-order chi connectivity index (χ1) is 15.7. The van der Waals surface area contributed by atoms with E-state index in [9.17, 15) is 18.0 Å². The minimum Gasteiger partial charge on any atom is -0.380 e. The molecule has 1 spiro atoms. The Hall–Kier alpha value is -3.14. The van der Waals surface area contributed by atoms with E-state index >= 15 is 0 Å². The number of benzene rings is 1. The molecule has 0 saturated carbocycles. The lowest BCUT2D eigenvalue weighted by atomic mass is 9.78. The Morgan fingerprint density at radius 2 is 1.88 bits per heavy atom. The zero-order chi connectivity index (χ0) is 23.5. The molecular weight excluding hydrogens is 435 g/mol. The third kappa shape index (κ3) is 3.52. The van der Waals surface area contributed by atoms with Crippen molar-refractivity contribution in [1.82, 2.24) is 14.5 Å². The number of nitrogens with zero attached hydrogens (tertiary/aromatic N) is 4. The Bertz CT molecular complexity index is 1300. The molecule has 5 rings (SSSR count). The number of halogens is 3. The molecule has 174 valence electrons. The summed E-state index contributed by atoms with van der Waals surface area (Å²) >= 11 is 0. The molecule has 3 aromatic rings. The summed E-state index contributed by atoms with van der Waals surface area (Å²) in [5.41, 5.74) is 0.419. The van der Waals surface area contributed by atoms with Crippen molar-refractivity contribution in [1.29, 1.82) is 0 Å². The smallest absolute Gasteiger partial charge is 0.275 e. The number of hydrogen-bond acceptors (Lipinski definition) is 6. The fourth-order valence-electron chi connectivity index (χ4n) is 4.62. The van der Waals surface area contributed by atoms with Gasteiger partial charge in [-0.3, -0.25) is 9.36 Å². The largest absolute Gasteiger partial charge is 0.380 e. The monoisotopic (exact) mass is 459 g/mol. The zero-order valence-corrected chi connectivity index (χ0v) is 18.5. The standard InChI is InChI=1S/C23H24F3N5O2/c1-12(14-5-4-6-15(18(14)24)19(25)26)27-20-16-7-17(31-8-23(9-31)10-33-11-23)22(32)30(3)21(16)29-13(2)28-20/h4-7,12,19H,8-11H2,1-3H3,(H,27,28,29)/t12-/m1/s1. The van der Waals surface area contributed by atoms with Crippen molar-refractivity contribution >= 4 is 22.5 Å². The van der Waals surface area contributed by atoms with Crippen molar-refractivity contribution in [2.75, 3.05) is 36.5 Å². The lowest BCUT2D eigenvalue weighted by molar-refractivity contribution is -0.127.